The van der Waals surface area contributed by atoms with Crippen LogP contribution in [0.4, 0.5) is 5.82 Å². The third-order valence-corrected chi connectivity index (χ3v) is 2.66. The summed E-state index contributed by atoms with van der Waals surface area (Å²) in [5, 5.41) is 6.78. The Hall–Kier alpha value is -1.56. The number of rotatable bonds is 3. The molecule has 0 aromatic carbocycles. The number of nitrogen functional groups attached to an aromatic ring is 1. The third-order valence-electron chi connectivity index (χ3n) is 2.66. The Labute approximate surface area is 93.8 Å². The third kappa shape index (κ3) is 2.33. The van der Waals surface area contributed by atoms with Crippen molar-refractivity contribution in [2.75, 3.05) is 18.9 Å². The van der Waals surface area contributed by atoms with Gasteiger partial charge in [0.15, 0.2) is 5.69 Å². The standard InChI is InChI=1S/C10H16N4O2/c1-14-9(11)5-8(13-14)10(15)12-6-7-3-2-4-16-7/h5,7H,2-4,6,11H2,1H3,(H,12,15)/t7-/m1/s1. The van der Waals surface area contributed by atoms with Crippen LogP contribution in [0.2, 0.25) is 0 Å². The van der Waals surface area contributed by atoms with Crippen LogP contribution in [0.5, 0.6) is 0 Å². The molecule has 0 bridgehead atoms. The minimum Gasteiger partial charge on any atom is -0.384 e. The smallest absolute Gasteiger partial charge is 0.271 e. The second-order valence-electron chi connectivity index (χ2n) is 3.92. The van der Waals surface area contributed by atoms with Crippen LogP contribution < -0.4 is 11.1 Å². The van der Waals surface area contributed by atoms with Gasteiger partial charge in [0.05, 0.1) is 6.10 Å². The molecule has 6 nitrogen and oxygen atoms in total. The topological polar surface area (TPSA) is 82.2 Å². The highest BCUT2D eigenvalue weighted by molar-refractivity contribution is 5.92. The van der Waals surface area contributed by atoms with Crippen molar-refractivity contribution in [2.24, 2.45) is 7.05 Å². The summed E-state index contributed by atoms with van der Waals surface area (Å²) in [5.74, 6) is 0.269. The fourth-order valence-electron chi connectivity index (χ4n) is 1.70. The van der Waals surface area contributed by atoms with Crippen LogP contribution in [0.25, 0.3) is 0 Å². The van der Waals surface area contributed by atoms with Gasteiger partial charge in [0, 0.05) is 26.3 Å². The summed E-state index contributed by atoms with van der Waals surface area (Å²) in [4.78, 5) is 11.7. The Morgan fingerprint density at radius 1 is 1.81 bits per heavy atom. The lowest BCUT2D eigenvalue weighted by Crippen LogP contribution is -2.32. The summed E-state index contributed by atoms with van der Waals surface area (Å²) >= 11 is 0. The maximum absolute atomic E-state index is 11.7. The van der Waals surface area contributed by atoms with Crippen molar-refractivity contribution in [2.45, 2.75) is 18.9 Å². The SMILES string of the molecule is Cn1nc(C(=O)NC[C@H]2CCCO2)cc1N. The van der Waals surface area contributed by atoms with E-state index in [1.807, 2.05) is 0 Å². The molecule has 0 radical (unpaired) electrons. The van der Waals surface area contributed by atoms with E-state index >= 15 is 0 Å². The van der Waals surface area contributed by atoms with Gasteiger partial charge in [-0.1, -0.05) is 0 Å². The van der Waals surface area contributed by atoms with Crippen LogP contribution >= 0.6 is 0 Å². The van der Waals surface area contributed by atoms with Gasteiger partial charge < -0.3 is 15.8 Å². The van der Waals surface area contributed by atoms with Gasteiger partial charge >= 0.3 is 0 Å². The van der Waals surface area contributed by atoms with E-state index in [1.54, 1.807) is 13.1 Å². The summed E-state index contributed by atoms with van der Waals surface area (Å²) < 4.78 is 6.88. The van der Waals surface area contributed by atoms with Crippen molar-refractivity contribution < 1.29 is 9.53 Å². The lowest BCUT2D eigenvalue weighted by atomic mass is 10.2. The van der Waals surface area contributed by atoms with E-state index in [0.29, 0.717) is 18.1 Å². The van der Waals surface area contributed by atoms with E-state index in [1.165, 1.54) is 4.68 Å². The average Bonchev–Trinajstić information content (AvgIpc) is 2.86. The van der Waals surface area contributed by atoms with Gasteiger partial charge in [0.25, 0.3) is 5.91 Å². The maximum Gasteiger partial charge on any atom is 0.271 e. The summed E-state index contributed by atoms with van der Waals surface area (Å²) in [5.41, 5.74) is 5.94. The first-order valence-electron chi connectivity index (χ1n) is 5.36. The minimum absolute atomic E-state index is 0.144. The molecule has 0 aliphatic carbocycles. The summed E-state index contributed by atoms with van der Waals surface area (Å²) in [7, 11) is 1.70. The molecule has 6 heteroatoms. The zero-order chi connectivity index (χ0) is 11.5. The van der Waals surface area contributed by atoms with E-state index in [4.69, 9.17) is 10.5 Å². The predicted molar refractivity (Wildman–Crippen MR) is 58.9 cm³/mol. The molecule has 16 heavy (non-hydrogen) atoms. The highest BCUT2D eigenvalue weighted by Gasteiger charge is 2.17. The number of nitrogens with one attached hydrogen (secondary N) is 1. The number of amides is 1. The molecule has 1 fully saturated rings. The van der Waals surface area contributed by atoms with Crippen LogP contribution in [0.1, 0.15) is 23.3 Å². The number of hydrogen-bond acceptors (Lipinski definition) is 4. The van der Waals surface area contributed by atoms with Crippen molar-refractivity contribution in [3.05, 3.63) is 11.8 Å². The minimum atomic E-state index is -0.206. The first kappa shape index (κ1) is 10.9. The van der Waals surface area contributed by atoms with Crippen molar-refractivity contribution >= 4 is 11.7 Å². The molecule has 88 valence electrons. The van der Waals surface area contributed by atoms with E-state index in [-0.39, 0.29) is 12.0 Å². The molecule has 1 aliphatic heterocycles. The Kier molecular flexibility index (Phi) is 3.09. The number of nitrogens with zero attached hydrogens (tertiary/aromatic N) is 2. The number of nitrogens with two attached hydrogens (primary N) is 1. The molecule has 1 saturated heterocycles. The van der Waals surface area contributed by atoms with E-state index in [0.717, 1.165) is 19.4 Å². The van der Waals surface area contributed by atoms with Crippen molar-refractivity contribution in [3.8, 4) is 0 Å². The largest absolute Gasteiger partial charge is 0.384 e. The number of carbonyl (C=O) groups is 1. The highest BCUT2D eigenvalue weighted by atomic mass is 16.5. The predicted octanol–water partition coefficient (Wildman–Crippen LogP) is -0.0889. The summed E-state index contributed by atoms with van der Waals surface area (Å²) in [6.07, 6.45) is 2.21. The molecular weight excluding hydrogens is 208 g/mol. The molecule has 3 N–H and O–H groups in total. The van der Waals surface area contributed by atoms with Gasteiger partial charge in [0.2, 0.25) is 0 Å². The number of aryl methyl sites for hydroxylation is 1. The van der Waals surface area contributed by atoms with Crippen molar-refractivity contribution in [1.82, 2.24) is 15.1 Å². The Morgan fingerprint density at radius 3 is 3.19 bits per heavy atom. The van der Waals surface area contributed by atoms with E-state index in [9.17, 15) is 4.79 Å². The van der Waals surface area contributed by atoms with Crippen LogP contribution in [-0.4, -0.2) is 34.9 Å². The van der Waals surface area contributed by atoms with Crippen LogP contribution in [0.15, 0.2) is 6.07 Å². The fourth-order valence-corrected chi connectivity index (χ4v) is 1.70. The first-order chi connectivity index (χ1) is 7.66. The van der Waals surface area contributed by atoms with Gasteiger partial charge in [-0.2, -0.15) is 5.10 Å². The molecule has 0 spiro atoms. The Morgan fingerprint density at radius 2 is 2.62 bits per heavy atom. The quantitative estimate of drug-likeness (QED) is 0.751. The lowest BCUT2D eigenvalue weighted by molar-refractivity contribution is 0.0853. The zero-order valence-corrected chi connectivity index (χ0v) is 9.27. The number of ether oxygens (including phenoxy) is 1. The van der Waals surface area contributed by atoms with Crippen LogP contribution in [-0.2, 0) is 11.8 Å². The lowest BCUT2D eigenvalue weighted by Gasteiger charge is -2.09. The molecule has 1 aromatic rings. The van der Waals surface area contributed by atoms with Gasteiger partial charge in [0.1, 0.15) is 5.82 Å². The zero-order valence-electron chi connectivity index (χ0n) is 9.27. The number of carbonyl (C=O) groups excluding carboxylic acids is 1. The fraction of sp³-hybridized carbons (Fsp3) is 0.600. The molecule has 2 rings (SSSR count). The molecule has 2 heterocycles. The molecule has 0 saturated carbocycles. The average molecular weight is 224 g/mol. The van der Waals surface area contributed by atoms with E-state index in [2.05, 4.69) is 10.4 Å². The first-order valence-corrected chi connectivity index (χ1v) is 5.36. The molecule has 1 atom stereocenters. The van der Waals surface area contributed by atoms with Crippen molar-refractivity contribution in [3.63, 3.8) is 0 Å². The summed E-state index contributed by atoms with van der Waals surface area (Å²) in [6, 6.07) is 1.56. The number of anilines is 1. The molecule has 1 aliphatic rings. The highest BCUT2D eigenvalue weighted by Crippen LogP contribution is 2.11. The molecular formula is C10H16N4O2. The monoisotopic (exact) mass is 224 g/mol. The van der Waals surface area contributed by atoms with Gasteiger partial charge in [-0.3, -0.25) is 9.48 Å². The van der Waals surface area contributed by atoms with Crippen molar-refractivity contribution in [1.29, 1.82) is 0 Å². The molecule has 1 aromatic heterocycles. The maximum atomic E-state index is 11.7. The molecule has 0 unspecified atom stereocenters. The van der Waals surface area contributed by atoms with Gasteiger partial charge in [-0.25, -0.2) is 0 Å². The summed E-state index contributed by atoms with van der Waals surface area (Å²) in [6.45, 7) is 1.33. The van der Waals surface area contributed by atoms with Gasteiger partial charge in [-0.15, -0.1) is 0 Å². The molecule has 1 amide bonds. The second-order valence-corrected chi connectivity index (χ2v) is 3.92. The Balaban J connectivity index is 1.87. The van der Waals surface area contributed by atoms with Crippen LogP contribution in [0.3, 0.4) is 0 Å². The van der Waals surface area contributed by atoms with E-state index < -0.39 is 0 Å². The number of aromatic nitrogens is 2. The second kappa shape index (κ2) is 4.52. The number of hydrogen-bond donors (Lipinski definition) is 2. The van der Waals surface area contributed by atoms with Gasteiger partial charge in [-0.05, 0) is 12.8 Å². The normalized spacial score (nSPS) is 19.9. The van der Waals surface area contributed by atoms with Crippen LogP contribution in [0, 0.1) is 0 Å². The Bertz CT molecular complexity index is 363.